The van der Waals surface area contributed by atoms with Crippen LogP contribution in [0.4, 0.5) is 0 Å². The van der Waals surface area contributed by atoms with Gasteiger partial charge in [0.25, 0.3) is 0 Å². The molecule has 1 fully saturated rings. The molecule has 0 aromatic heterocycles. The van der Waals surface area contributed by atoms with Crippen LogP contribution in [0, 0.1) is 5.92 Å². The molecule has 0 radical (unpaired) electrons. The van der Waals surface area contributed by atoms with Gasteiger partial charge in [-0.25, -0.2) is 4.79 Å². The van der Waals surface area contributed by atoms with Crippen molar-refractivity contribution in [3.8, 4) is 0 Å². The lowest BCUT2D eigenvalue weighted by atomic mass is 9.83. The highest BCUT2D eigenvalue weighted by atomic mass is 32.2. The van der Waals surface area contributed by atoms with Gasteiger partial charge in [-0.15, -0.1) is 0 Å². The molecule has 0 spiro atoms. The van der Waals surface area contributed by atoms with Crippen molar-refractivity contribution in [2.75, 3.05) is 12.3 Å². The maximum absolute atomic E-state index is 11.9. The zero-order valence-corrected chi connectivity index (χ0v) is 11.8. The summed E-state index contributed by atoms with van der Waals surface area (Å²) in [6, 6.07) is -0.277. The number of hydrogen-bond donors (Lipinski definition) is 3. The van der Waals surface area contributed by atoms with E-state index >= 15 is 0 Å². The average molecular weight is 299 g/mol. The van der Waals surface area contributed by atoms with E-state index in [2.05, 4.69) is 4.99 Å². The highest BCUT2D eigenvalue weighted by Gasteiger charge is 2.58. The molecule has 0 aliphatic carbocycles. The topological polar surface area (TPSA) is 116 Å². The minimum atomic E-state index is -1.12. The number of rotatable bonds is 6. The standard InChI is InChI=1S/C12H17N3O4S/c1-6(16)9-10-8(20-3-2-14-5-13)4-7(12(18)19)15(10)11(9)17/h4-6,8-10,16H,2-3H2,1H3,(H2,13,14)(H,18,19)/t6-,8?,9-,10+/m1/s1. The third-order valence-electron chi connectivity index (χ3n) is 3.48. The van der Waals surface area contributed by atoms with Gasteiger partial charge in [-0.1, -0.05) is 0 Å². The van der Waals surface area contributed by atoms with E-state index in [1.165, 1.54) is 23.0 Å². The first-order chi connectivity index (χ1) is 9.49. The van der Waals surface area contributed by atoms with Crippen LogP contribution in [-0.4, -0.2) is 63.0 Å². The quantitative estimate of drug-likeness (QED) is 0.257. The number of carboxylic acid groups (broad SMARTS) is 1. The second-order valence-electron chi connectivity index (χ2n) is 4.71. The SMILES string of the molecule is C[C@@H](O)[C@H]1C(=O)N2C(C(=O)O)=CC(SCCN=CN)[C@@H]12. The Morgan fingerprint density at radius 2 is 2.40 bits per heavy atom. The summed E-state index contributed by atoms with van der Waals surface area (Å²) in [5.41, 5.74) is 5.16. The smallest absolute Gasteiger partial charge is 0.352 e. The van der Waals surface area contributed by atoms with Gasteiger partial charge < -0.3 is 20.8 Å². The van der Waals surface area contributed by atoms with Crippen molar-refractivity contribution < 1.29 is 19.8 Å². The molecule has 1 saturated heterocycles. The van der Waals surface area contributed by atoms with Crippen LogP contribution in [0.3, 0.4) is 0 Å². The molecule has 0 aromatic rings. The van der Waals surface area contributed by atoms with Crippen molar-refractivity contribution in [1.29, 1.82) is 0 Å². The number of nitrogens with two attached hydrogens (primary N) is 1. The minimum Gasteiger partial charge on any atom is -0.477 e. The number of aliphatic hydroxyl groups excluding tert-OH is 1. The summed E-state index contributed by atoms with van der Waals surface area (Å²) < 4.78 is 0. The van der Waals surface area contributed by atoms with Crippen LogP contribution in [0.5, 0.6) is 0 Å². The molecule has 4 N–H and O–H groups in total. The monoisotopic (exact) mass is 299 g/mol. The van der Waals surface area contributed by atoms with Crippen molar-refractivity contribution in [3.05, 3.63) is 11.8 Å². The minimum absolute atomic E-state index is 0.0109. The Balaban J connectivity index is 2.09. The lowest BCUT2D eigenvalue weighted by Crippen LogP contribution is -2.64. The fraction of sp³-hybridized carbons (Fsp3) is 0.583. The number of aliphatic hydroxyl groups is 1. The molecule has 1 amide bonds. The van der Waals surface area contributed by atoms with Crippen LogP contribution in [0.1, 0.15) is 6.92 Å². The van der Waals surface area contributed by atoms with Crippen LogP contribution in [0.15, 0.2) is 16.8 Å². The van der Waals surface area contributed by atoms with E-state index in [-0.39, 0.29) is 22.9 Å². The molecule has 0 bridgehead atoms. The van der Waals surface area contributed by atoms with Gasteiger partial charge in [0.15, 0.2) is 0 Å². The van der Waals surface area contributed by atoms with E-state index in [1.807, 2.05) is 0 Å². The number of hydrogen-bond acceptors (Lipinski definition) is 5. The van der Waals surface area contributed by atoms with Gasteiger partial charge in [0.1, 0.15) is 5.70 Å². The molecule has 2 rings (SSSR count). The number of thioether (sulfide) groups is 1. The van der Waals surface area contributed by atoms with Crippen molar-refractivity contribution in [3.63, 3.8) is 0 Å². The highest BCUT2D eigenvalue weighted by Crippen LogP contribution is 2.44. The molecular weight excluding hydrogens is 282 g/mol. The zero-order chi connectivity index (χ0) is 14.9. The molecule has 8 heteroatoms. The Morgan fingerprint density at radius 1 is 1.70 bits per heavy atom. The third-order valence-corrected chi connectivity index (χ3v) is 4.70. The number of carboxylic acids is 1. The number of amides is 1. The Morgan fingerprint density at radius 3 is 2.95 bits per heavy atom. The zero-order valence-electron chi connectivity index (χ0n) is 11.0. The summed E-state index contributed by atoms with van der Waals surface area (Å²) in [5.74, 6) is -1.29. The van der Waals surface area contributed by atoms with E-state index in [0.717, 1.165) is 0 Å². The van der Waals surface area contributed by atoms with Gasteiger partial charge in [-0.05, 0) is 13.0 Å². The van der Waals surface area contributed by atoms with Crippen LogP contribution in [-0.2, 0) is 9.59 Å². The number of fused-ring (bicyclic) bond motifs is 1. The maximum Gasteiger partial charge on any atom is 0.352 e. The molecule has 7 nitrogen and oxygen atoms in total. The van der Waals surface area contributed by atoms with Crippen molar-refractivity contribution in [1.82, 2.24) is 4.90 Å². The number of aliphatic imine (C=N–C) groups is 1. The fourth-order valence-electron chi connectivity index (χ4n) is 2.63. The number of aliphatic carboxylic acids is 1. The van der Waals surface area contributed by atoms with E-state index in [4.69, 9.17) is 10.8 Å². The lowest BCUT2D eigenvalue weighted by molar-refractivity contribution is -0.160. The number of nitrogens with zero attached hydrogens (tertiary/aromatic N) is 2. The van der Waals surface area contributed by atoms with Gasteiger partial charge in [0.05, 0.1) is 24.4 Å². The Kier molecular flexibility index (Phi) is 4.34. The number of β-lactam (4-membered cyclic amide) rings is 1. The van der Waals surface area contributed by atoms with Crippen molar-refractivity contribution in [2.45, 2.75) is 24.3 Å². The van der Waals surface area contributed by atoms with Crippen LogP contribution < -0.4 is 5.73 Å². The molecule has 1 unspecified atom stereocenters. The first-order valence-corrected chi connectivity index (χ1v) is 7.31. The van der Waals surface area contributed by atoms with E-state index in [0.29, 0.717) is 12.3 Å². The predicted molar refractivity (Wildman–Crippen MR) is 75.3 cm³/mol. The molecule has 2 heterocycles. The predicted octanol–water partition coefficient (Wildman–Crippen LogP) is -0.735. The number of carbonyl (C=O) groups excluding carboxylic acids is 1. The molecule has 4 atom stereocenters. The normalized spacial score (nSPS) is 30.1. The summed E-state index contributed by atoms with van der Waals surface area (Å²) in [6.45, 7) is 2.09. The highest BCUT2D eigenvalue weighted by molar-refractivity contribution is 8.00. The van der Waals surface area contributed by atoms with Gasteiger partial charge in [-0.2, -0.15) is 11.8 Å². The first kappa shape index (κ1) is 14.9. The second kappa shape index (κ2) is 5.84. The van der Waals surface area contributed by atoms with Crippen molar-refractivity contribution >= 4 is 30.0 Å². The summed E-state index contributed by atoms with van der Waals surface area (Å²) in [4.78, 5) is 28.3. The fourth-order valence-corrected chi connectivity index (χ4v) is 3.82. The maximum atomic E-state index is 11.9. The van der Waals surface area contributed by atoms with Gasteiger partial charge in [-0.3, -0.25) is 9.79 Å². The molecule has 0 aromatic carbocycles. The lowest BCUT2D eigenvalue weighted by Gasteiger charge is -2.46. The molecule has 2 aliphatic heterocycles. The molecule has 20 heavy (non-hydrogen) atoms. The van der Waals surface area contributed by atoms with E-state index in [9.17, 15) is 14.7 Å². The van der Waals surface area contributed by atoms with Gasteiger partial charge in [0.2, 0.25) is 5.91 Å². The van der Waals surface area contributed by atoms with E-state index < -0.39 is 18.0 Å². The third kappa shape index (κ3) is 2.40. The number of carbonyl (C=O) groups is 2. The van der Waals surface area contributed by atoms with Crippen LogP contribution in [0.2, 0.25) is 0 Å². The van der Waals surface area contributed by atoms with Gasteiger partial charge >= 0.3 is 5.97 Å². The molecule has 0 saturated carbocycles. The molecular formula is C12H17N3O4S. The Bertz CT molecular complexity index is 477. The van der Waals surface area contributed by atoms with Crippen LogP contribution in [0.25, 0.3) is 0 Å². The molecule has 2 aliphatic rings. The van der Waals surface area contributed by atoms with Crippen LogP contribution >= 0.6 is 11.8 Å². The summed E-state index contributed by atoms with van der Waals surface area (Å²) in [6.07, 6.45) is 2.03. The summed E-state index contributed by atoms with van der Waals surface area (Å²) in [7, 11) is 0. The second-order valence-corrected chi connectivity index (χ2v) is 6.00. The summed E-state index contributed by atoms with van der Waals surface area (Å²) >= 11 is 1.52. The Hall–Kier alpha value is -1.54. The van der Waals surface area contributed by atoms with Crippen molar-refractivity contribution in [2.24, 2.45) is 16.6 Å². The summed E-state index contributed by atoms with van der Waals surface area (Å²) in [5, 5.41) is 18.7. The average Bonchev–Trinajstić information content (AvgIpc) is 2.69. The largest absolute Gasteiger partial charge is 0.477 e. The van der Waals surface area contributed by atoms with E-state index in [1.54, 1.807) is 13.0 Å². The Labute approximate surface area is 120 Å². The van der Waals surface area contributed by atoms with Gasteiger partial charge in [0, 0.05) is 17.5 Å². The molecule has 110 valence electrons. The first-order valence-electron chi connectivity index (χ1n) is 6.27.